The Morgan fingerprint density at radius 2 is 1.95 bits per heavy atom. The van der Waals surface area contributed by atoms with Crippen LogP contribution in [0, 0.1) is 12.7 Å². The number of hydrogen-bond donors (Lipinski definition) is 1. The third-order valence-electron chi connectivity index (χ3n) is 2.64. The van der Waals surface area contributed by atoms with Crippen molar-refractivity contribution >= 4 is 43.2 Å². The summed E-state index contributed by atoms with van der Waals surface area (Å²) in [6, 6.07) is 8.71. The zero-order valence-corrected chi connectivity index (χ0v) is 13.5. The summed E-state index contributed by atoms with van der Waals surface area (Å²) in [5.74, 6) is -0.836. The lowest BCUT2D eigenvalue weighted by Gasteiger charge is -2.12. The molecule has 20 heavy (non-hydrogen) atoms. The third-order valence-corrected chi connectivity index (χ3v) is 4.83. The van der Waals surface area contributed by atoms with Crippen LogP contribution in [0.2, 0.25) is 5.02 Å². The Morgan fingerprint density at radius 3 is 2.55 bits per heavy atom. The maximum Gasteiger partial charge on any atom is 0.264 e. The first-order valence-corrected chi connectivity index (χ1v) is 8.19. The number of halogens is 3. The number of benzene rings is 2. The summed E-state index contributed by atoms with van der Waals surface area (Å²) < 4.78 is 41.0. The molecule has 0 bridgehead atoms. The summed E-state index contributed by atoms with van der Waals surface area (Å²) in [5.41, 5.74) is 0.898. The second kappa shape index (κ2) is 5.71. The van der Waals surface area contributed by atoms with E-state index >= 15 is 0 Å². The van der Waals surface area contributed by atoms with E-state index in [2.05, 4.69) is 20.7 Å². The molecule has 1 N–H and O–H groups in total. The topological polar surface area (TPSA) is 46.2 Å². The van der Waals surface area contributed by atoms with Gasteiger partial charge in [0.2, 0.25) is 0 Å². The molecule has 7 heteroatoms. The number of anilines is 1. The van der Waals surface area contributed by atoms with Gasteiger partial charge in [0, 0.05) is 4.47 Å². The monoisotopic (exact) mass is 377 g/mol. The molecule has 0 radical (unpaired) electrons. The quantitative estimate of drug-likeness (QED) is 0.863. The number of aryl methyl sites for hydroxylation is 1. The van der Waals surface area contributed by atoms with Crippen LogP contribution in [-0.2, 0) is 10.0 Å². The fourth-order valence-electron chi connectivity index (χ4n) is 1.64. The van der Waals surface area contributed by atoms with Gasteiger partial charge in [-0.1, -0.05) is 39.7 Å². The van der Waals surface area contributed by atoms with Gasteiger partial charge in [0.05, 0.1) is 10.7 Å². The van der Waals surface area contributed by atoms with Crippen molar-refractivity contribution in [3.63, 3.8) is 0 Å². The highest BCUT2D eigenvalue weighted by Gasteiger charge is 2.21. The van der Waals surface area contributed by atoms with Gasteiger partial charge in [-0.15, -0.1) is 0 Å². The zero-order valence-electron chi connectivity index (χ0n) is 10.3. The molecule has 0 fully saturated rings. The molecular formula is C13H10BrClFNO2S. The van der Waals surface area contributed by atoms with E-state index in [-0.39, 0.29) is 10.7 Å². The van der Waals surface area contributed by atoms with Gasteiger partial charge in [0.1, 0.15) is 10.7 Å². The minimum absolute atomic E-state index is 0.247. The molecule has 0 heterocycles. The Morgan fingerprint density at radius 1 is 1.25 bits per heavy atom. The zero-order chi connectivity index (χ0) is 14.9. The van der Waals surface area contributed by atoms with Crippen LogP contribution in [0.15, 0.2) is 45.8 Å². The smallest absolute Gasteiger partial charge is 0.264 e. The van der Waals surface area contributed by atoms with E-state index in [1.165, 1.54) is 12.1 Å². The predicted molar refractivity (Wildman–Crippen MR) is 81.1 cm³/mol. The Balaban J connectivity index is 2.46. The van der Waals surface area contributed by atoms with Gasteiger partial charge in [-0.3, -0.25) is 4.72 Å². The largest absolute Gasteiger partial charge is 0.278 e. The third kappa shape index (κ3) is 3.13. The second-order valence-electron chi connectivity index (χ2n) is 4.11. The summed E-state index contributed by atoms with van der Waals surface area (Å²) >= 11 is 9.04. The lowest BCUT2D eigenvalue weighted by atomic mass is 10.2. The first-order chi connectivity index (χ1) is 9.31. The van der Waals surface area contributed by atoms with Crippen LogP contribution >= 0.6 is 27.5 Å². The van der Waals surface area contributed by atoms with E-state index in [1.54, 1.807) is 25.1 Å². The average Bonchev–Trinajstić information content (AvgIpc) is 2.33. The van der Waals surface area contributed by atoms with Gasteiger partial charge < -0.3 is 0 Å². The summed E-state index contributed by atoms with van der Waals surface area (Å²) in [6.45, 7) is 1.71. The molecular weight excluding hydrogens is 369 g/mol. The minimum atomic E-state index is -4.04. The van der Waals surface area contributed by atoms with Crippen LogP contribution in [0.25, 0.3) is 0 Å². The number of rotatable bonds is 3. The number of sulfonamides is 1. The molecule has 2 rings (SSSR count). The Bertz CT molecular complexity index is 745. The van der Waals surface area contributed by atoms with Crippen LogP contribution in [0.5, 0.6) is 0 Å². The van der Waals surface area contributed by atoms with Gasteiger partial charge >= 0.3 is 0 Å². The lowest BCUT2D eigenvalue weighted by molar-refractivity contribution is 0.570. The van der Waals surface area contributed by atoms with Gasteiger partial charge in [0.25, 0.3) is 10.0 Å². The maximum atomic E-state index is 13.8. The molecule has 0 aliphatic carbocycles. The number of nitrogens with one attached hydrogen (secondary N) is 1. The SMILES string of the molecule is Cc1cccc(Cl)c1NS(=O)(=O)c1ccc(Br)cc1F. The highest BCUT2D eigenvalue weighted by Crippen LogP contribution is 2.29. The maximum absolute atomic E-state index is 13.8. The highest BCUT2D eigenvalue weighted by atomic mass is 79.9. The standard InChI is InChI=1S/C13H10BrClFNO2S/c1-8-3-2-4-10(15)13(8)17-20(18,19)12-6-5-9(14)7-11(12)16/h2-7,17H,1H3. The Kier molecular flexibility index (Phi) is 4.36. The summed E-state index contributed by atoms with van der Waals surface area (Å²) in [7, 11) is -4.04. The van der Waals surface area contributed by atoms with Crippen LogP contribution in [0.4, 0.5) is 10.1 Å². The van der Waals surface area contributed by atoms with Crippen molar-refractivity contribution in [2.75, 3.05) is 4.72 Å². The molecule has 0 unspecified atom stereocenters. The normalized spacial score (nSPS) is 11.4. The van der Waals surface area contributed by atoms with E-state index in [4.69, 9.17) is 11.6 Å². The second-order valence-corrected chi connectivity index (χ2v) is 7.09. The predicted octanol–water partition coefficient (Wildman–Crippen LogP) is 4.35. The van der Waals surface area contributed by atoms with Crippen molar-refractivity contribution in [2.45, 2.75) is 11.8 Å². The Hall–Kier alpha value is -1.11. The molecule has 106 valence electrons. The summed E-state index contributed by atoms with van der Waals surface area (Å²) in [4.78, 5) is -0.431. The number of hydrogen-bond acceptors (Lipinski definition) is 2. The van der Waals surface area contributed by atoms with Crippen molar-refractivity contribution in [1.82, 2.24) is 0 Å². The van der Waals surface area contributed by atoms with Gasteiger partial charge in [-0.25, -0.2) is 12.8 Å². The fourth-order valence-corrected chi connectivity index (χ4v) is 3.51. The van der Waals surface area contributed by atoms with E-state index in [9.17, 15) is 12.8 Å². The Labute approximate surface area is 130 Å². The molecule has 3 nitrogen and oxygen atoms in total. The highest BCUT2D eigenvalue weighted by molar-refractivity contribution is 9.10. The van der Waals surface area contributed by atoms with Crippen molar-refractivity contribution in [3.8, 4) is 0 Å². The molecule has 0 atom stereocenters. The first kappa shape index (κ1) is 15.3. The van der Waals surface area contributed by atoms with E-state index in [1.807, 2.05) is 0 Å². The van der Waals surface area contributed by atoms with Crippen LogP contribution in [0.1, 0.15) is 5.56 Å². The molecule has 2 aromatic carbocycles. The average molecular weight is 379 g/mol. The number of para-hydroxylation sites is 1. The van der Waals surface area contributed by atoms with Crippen LogP contribution in [-0.4, -0.2) is 8.42 Å². The first-order valence-electron chi connectivity index (χ1n) is 5.54. The minimum Gasteiger partial charge on any atom is -0.278 e. The van der Waals surface area contributed by atoms with Crippen molar-refractivity contribution in [1.29, 1.82) is 0 Å². The van der Waals surface area contributed by atoms with Crippen LogP contribution < -0.4 is 4.72 Å². The van der Waals surface area contributed by atoms with E-state index in [0.717, 1.165) is 6.07 Å². The van der Waals surface area contributed by atoms with Gasteiger partial charge in [0.15, 0.2) is 0 Å². The summed E-state index contributed by atoms with van der Waals surface area (Å²) in [5, 5.41) is 0.256. The lowest BCUT2D eigenvalue weighted by Crippen LogP contribution is -2.15. The van der Waals surface area contributed by atoms with Crippen LogP contribution in [0.3, 0.4) is 0 Å². The van der Waals surface area contributed by atoms with Crippen molar-refractivity contribution in [3.05, 3.63) is 57.3 Å². The molecule has 0 aliphatic rings. The van der Waals surface area contributed by atoms with E-state index in [0.29, 0.717) is 10.0 Å². The summed E-state index contributed by atoms with van der Waals surface area (Å²) in [6.07, 6.45) is 0. The van der Waals surface area contributed by atoms with Gasteiger partial charge in [-0.2, -0.15) is 0 Å². The molecule has 0 spiro atoms. The van der Waals surface area contributed by atoms with Crippen molar-refractivity contribution in [2.24, 2.45) is 0 Å². The molecule has 0 aromatic heterocycles. The van der Waals surface area contributed by atoms with Crippen molar-refractivity contribution < 1.29 is 12.8 Å². The molecule has 0 amide bonds. The fraction of sp³-hybridized carbons (Fsp3) is 0.0769. The molecule has 0 saturated carbocycles. The molecule has 0 saturated heterocycles. The van der Waals surface area contributed by atoms with Gasteiger partial charge in [-0.05, 0) is 36.8 Å². The van der Waals surface area contributed by atoms with E-state index < -0.39 is 20.7 Å². The molecule has 0 aliphatic heterocycles. The molecule has 2 aromatic rings.